The Morgan fingerprint density at radius 3 is 2.90 bits per heavy atom. The van der Waals surface area contributed by atoms with Gasteiger partial charge in [0.05, 0.1) is 16.8 Å². The van der Waals surface area contributed by atoms with Crippen molar-refractivity contribution in [3.8, 4) is 10.6 Å². The molecule has 8 heteroatoms. The van der Waals surface area contributed by atoms with Crippen LogP contribution in [0.4, 0.5) is 5.00 Å². The van der Waals surface area contributed by atoms with Crippen LogP contribution in [0.3, 0.4) is 0 Å². The molecule has 0 spiro atoms. The molecular weight excluding hydrogens is 416 g/mol. The standard InChI is InChI=1S/C22H28N4O2S2/c1-13-12-15-19(21-25-16-6-4-5-7-17(16)29-21)22(30-20(15)14(2)24-13)26-18(27)8-9-23-10-11-28-3/h4-7,13-14,23-24H,8-12H2,1-3H3,(H,26,27)/t13-,14-/m0/s1. The van der Waals surface area contributed by atoms with Crippen LogP contribution in [0.25, 0.3) is 20.8 Å². The number of ether oxygens (including phenoxy) is 1. The summed E-state index contributed by atoms with van der Waals surface area (Å²) >= 11 is 3.38. The summed E-state index contributed by atoms with van der Waals surface area (Å²) in [7, 11) is 1.67. The maximum Gasteiger partial charge on any atom is 0.226 e. The number of nitrogens with one attached hydrogen (secondary N) is 3. The van der Waals surface area contributed by atoms with Gasteiger partial charge in [-0.1, -0.05) is 12.1 Å². The fourth-order valence-corrected chi connectivity index (χ4v) is 6.26. The van der Waals surface area contributed by atoms with Crippen molar-refractivity contribution in [1.29, 1.82) is 0 Å². The van der Waals surface area contributed by atoms with Crippen LogP contribution in [0, 0.1) is 0 Å². The van der Waals surface area contributed by atoms with Gasteiger partial charge in [0, 0.05) is 49.1 Å². The molecule has 3 heterocycles. The third kappa shape index (κ3) is 4.58. The number of thiazole rings is 1. The van der Waals surface area contributed by atoms with E-state index >= 15 is 0 Å². The Kier molecular flexibility index (Phi) is 6.80. The first-order chi connectivity index (χ1) is 14.6. The molecule has 30 heavy (non-hydrogen) atoms. The Balaban J connectivity index is 1.63. The van der Waals surface area contributed by atoms with Crippen molar-refractivity contribution in [2.45, 2.75) is 38.8 Å². The molecule has 3 N–H and O–H groups in total. The highest BCUT2D eigenvalue weighted by Gasteiger charge is 2.30. The molecule has 1 amide bonds. The van der Waals surface area contributed by atoms with Crippen LogP contribution in [0.15, 0.2) is 24.3 Å². The van der Waals surface area contributed by atoms with Crippen LogP contribution >= 0.6 is 22.7 Å². The molecule has 1 aliphatic heterocycles. The van der Waals surface area contributed by atoms with E-state index in [1.807, 2.05) is 18.2 Å². The molecule has 1 aliphatic rings. The molecule has 4 rings (SSSR count). The van der Waals surface area contributed by atoms with Gasteiger partial charge in [0.1, 0.15) is 10.0 Å². The number of carbonyl (C=O) groups excluding carboxylic acids is 1. The number of methoxy groups -OCH3 is 1. The summed E-state index contributed by atoms with van der Waals surface area (Å²) in [5, 5.41) is 11.9. The van der Waals surface area contributed by atoms with E-state index in [-0.39, 0.29) is 11.9 Å². The van der Waals surface area contributed by atoms with Crippen LogP contribution in [-0.2, 0) is 16.0 Å². The largest absolute Gasteiger partial charge is 0.383 e. The first-order valence-electron chi connectivity index (χ1n) is 10.3. The second kappa shape index (κ2) is 9.53. The van der Waals surface area contributed by atoms with Crippen LogP contribution in [0.2, 0.25) is 0 Å². The Morgan fingerprint density at radius 2 is 2.10 bits per heavy atom. The topological polar surface area (TPSA) is 75.3 Å². The number of aromatic nitrogens is 1. The van der Waals surface area contributed by atoms with Gasteiger partial charge in [-0.15, -0.1) is 22.7 Å². The maximum absolute atomic E-state index is 12.7. The lowest BCUT2D eigenvalue weighted by molar-refractivity contribution is -0.116. The molecule has 160 valence electrons. The predicted octanol–water partition coefficient (Wildman–Crippen LogP) is 4.18. The van der Waals surface area contributed by atoms with Gasteiger partial charge in [0.25, 0.3) is 0 Å². The molecule has 0 fully saturated rings. The number of rotatable bonds is 8. The van der Waals surface area contributed by atoms with Crippen molar-refractivity contribution in [3.05, 3.63) is 34.7 Å². The lowest BCUT2D eigenvalue weighted by Crippen LogP contribution is -2.35. The minimum atomic E-state index is 0.0227. The highest BCUT2D eigenvalue weighted by molar-refractivity contribution is 7.23. The third-order valence-electron chi connectivity index (χ3n) is 5.25. The van der Waals surface area contributed by atoms with Gasteiger partial charge >= 0.3 is 0 Å². The number of benzene rings is 1. The monoisotopic (exact) mass is 444 g/mol. The number of nitrogens with zero attached hydrogens (tertiary/aromatic N) is 1. The summed E-state index contributed by atoms with van der Waals surface area (Å²) in [4.78, 5) is 18.9. The Labute approximate surface area is 185 Å². The average molecular weight is 445 g/mol. The van der Waals surface area contributed by atoms with Gasteiger partial charge in [0.2, 0.25) is 5.91 Å². The second-order valence-corrected chi connectivity index (χ2v) is 9.75. The molecule has 0 saturated heterocycles. The van der Waals surface area contributed by atoms with Gasteiger partial charge in [-0.25, -0.2) is 4.98 Å². The molecule has 3 aromatic rings. The Morgan fingerprint density at radius 1 is 1.27 bits per heavy atom. The SMILES string of the molecule is COCCNCCC(=O)Nc1sc2c(c1-c1nc3ccccc3s1)C[C@H](C)N[C@H]2C. The predicted molar refractivity (Wildman–Crippen MR) is 126 cm³/mol. The first-order valence-corrected chi connectivity index (χ1v) is 12.0. The fourth-order valence-electron chi connectivity index (χ4n) is 3.89. The summed E-state index contributed by atoms with van der Waals surface area (Å²) in [6.45, 7) is 6.42. The number of para-hydroxylation sites is 1. The zero-order valence-corrected chi connectivity index (χ0v) is 19.2. The molecule has 2 atom stereocenters. The highest BCUT2D eigenvalue weighted by atomic mass is 32.1. The van der Waals surface area contributed by atoms with E-state index in [0.717, 1.165) is 34.1 Å². The number of thiophene rings is 1. The van der Waals surface area contributed by atoms with E-state index < -0.39 is 0 Å². The van der Waals surface area contributed by atoms with Crippen molar-refractivity contribution in [2.75, 3.05) is 32.1 Å². The van der Waals surface area contributed by atoms with Crippen molar-refractivity contribution >= 4 is 43.8 Å². The van der Waals surface area contributed by atoms with Gasteiger partial charge in [0.15, 0.2) is 0 Å². The molecule has 0 aliphatic carbocycles. The van der Waals surface area contributed by atoms with E-state index in [1.54, 1.807) is 29.8 Å². The van der Waals surface area contributed by atoms with Gasteiger partial charge in [-0.2, -0.15) is 0 Å². The number of hydrogen-bond donors (Lipinski definition) is 3. The van der Waals surface area contributed by atoms with E-state index in [2.05, 4.69) is 35.9 Å². The van der Waals surface area contributed by atoms with Crippen LogP contribution < -0.4 is 16.0 Å². The summed E-state index contributed by atoms with van der Waals surface area (Å²) in [6, 6.07) is 8.87. The summed E-state index contributed by atoms with van der Waals surface area (Å²) in [6.07, 6.45) is 1.37. The van der Waals surface area contributed by atoms with Crippen molar-refractivity contribution in [2.24, 2.45) is 0 Å². The van der Waals surface area contributed by atoms with Gasteiger partial charge < -0.3 is 20.7 Å². The minimum absolute atomic E-state index is 0.0227. The molecule has 0 bridgehead atoms. The van der Waals surface area contributed by atoms with E-state index in [0.29, 0.717) is 25.6 Å². The van der Waals surface area contributed by atoms with E-state index in [9.17, 15) is 4.79 Å². The molecule has 6 nitrogen and oxygen atoms in total. The molecule has 2 aromatic heterocycles. The maximum atomic E-state index is 12.7. The Bertz CT molecular complexity index is 996. The van der Waals surface area contributed by atoms with Crippen LogP contribution in [0.5, 0.6) is 0 Å². The number of amides is 1. The van der Waals surface area contributed by atoms with E-state index in [1.165, 1.54) is 15.1 Å². The van der Waals surface area contributed by atoms with Crippen molar-refractivity contribution in [3.63, 3.8) is 0 Å². The summed E-state index contributed by atoms with van der Waals surface area (Å²) in [5.74, 6) is 0.0227. The van der Waals surface area contributed by atoms with Crippen molar-refractivity contribution < 1.29 is 9.53 Å². The van der Waals surface area contributed by atoms with Crippen molar-refractivity contribution in [1.82, 2.24) is 15.6 Å². The fraction of sp³-hybridized carbons (Fsp3) is 0.455. The summed E-state index contributed by atoms with van der Waals surface area (Å²) < 4.78 is 6.19. The zero-order chi connectivity index (χ0) is 21.1. The third-order valence-corrected chi connectivity index (χ3v) is 7.63. The number of anilines is 1. The van der Waals surface area contributed by atoms with Crippen LogP contribution in [0.1, 0.15) is 36.8 Å². The molecule has 0 saturated carbocycles. The second-order valence-electron chi connectivity index (χ2n) is 7.67. The Hall–Kier alpha value is -1.84. The first kappa shape index (κ1) is 21.4. The summed E-state index contributed by atoms with van der Waals surface area (Å²) in [5.41, 5.74) is 3.44. The lowest BCUT2D eigenvalue weighted by Gasteiger charge is -2.26. The van der Waals surface area contributed by atoms with E-state index in [4.69, 9.17) is 9.72 Å². The minimum Gasteiger partial charge on any atom is -0.383 e. The molecular formula is C22H28N4O2S2. The normalized spacial score (nSPS) is 18.5. The van der Waals surface area contributed by atoms with Crippen LogP contribution in [-0.4, -0.2) is 43.7 Å². The number of hydrogen-bond acceptors (Lipinski definition) is 7. The quantitative estimate of drug-likeness (QED) is 0.455. The molecule has 1 aromatic carbocycles. The lowest BCUT2D eigenvalue weighted by atomic mass is 9.95. The van der Waals surface area contributed by atoms with Gasteiger partial charge in [-0.05, 0) is 38.0 Å². The smallest absolute Gasteiger partial charge is 0.226 e. The average Bonchev–Trinajstić information content (AvgIpc) is 3.28. The highest BCUT2D eigenvalue weighted by Crippen LogP contribution is 2.47. The number of fused-ring (bicyclic) bond motifs is 2. The number of carbonyl (C=O) groups is 1. The van der Waals surface area contributed by atoms with Gasteiger partial charge in [-0.3, -0.25) is 4.79 Å². The zero-order valence-electron chi connectivity index (χ0n) is 17.6. The molecule has 0 radical (unpaired) electrons. The molecule has 0 unspecified atom stereocenters.